The second-order valence-corrected chi connectivity index (χ2v) is 8.67. The third-order valence-corrected chi connectivity index (χ3v) is 7.27. The molecule has 4 rings (SSSR count). The largest absolute Gasteiger partial charge is 0.481 e. The van der Waals surface area contributed by atoms with Gasteiger partial charge in [-0.15, -0.1) is 11.3 Å². The molecule has 1 aromatic heterocycles. The second kappa shape index (κ2) is 6.88. The van der Waals surface area contributed by atoms with Gasteiger partial charge in [-0.25, -0.2) is 0 Å². The molecule has 0 aliphatic heterocycles. The Morgan fingerprint density at radius 1 is 1.12 bits per heavy atom. The second-order valence-electron chi connectivity index (χ2n) is 7.56. The van der Waals surface area contributed by atoms with Gasteiger partial charge in [-0.3, -0.25) is 9.59 Å². The molecule has 0 aromatic carbocycles. The van der Waals surface area contributed by atoms with E-state index in [0.717, 1.165) is 37.7 Å². The van der Waals surface area contributed by atoms with Crippen LogP contribution in [0.25, 0.3) is 0 Å². The van der Waals surface area contributed by atoms with Gasteiger partial charge < -0.3 is 10.4 Å². The predicted molar refractivity (Wildman–Crippen MR) is 98.9 cm³/mol. The quantitative estimate of drug-likeness (QED) is 0.793. The molecule has 2 N–H and O–H groups in total. The standard InChI is InChI=1S/C20H22N2O3S/c21-10-14-13-5-3-1-2-4-6-15(13)26-19(14)22-18(23)16-11-7-8-12(9-11)17(16)20(24)25/h7-8,11-12,16-17H,1-6,9H2,(H,22,23)(H,24,25)/t11-,12-,16+,17-/m0/s1. The van der Waals surface area contributed by atoms with Gasteiger partial charge in [-0.2, -0.15) is 5.26 Å². The highest BCUT2D eigenvalue weighted by molar-refractivity contribution is 7.16. The summed E-state index contributed by atoms with van der Waals surface area (Å²) in [5, 5.41) is 22.7. The van der Waals surface area contributed by atoms with Gasteiger partial charge in [0.05, 0.1) is 17.4 Å². The van der Waals surface area contributed by atoms with Crippen molar-refractivity contribution in [1.82, 2.24) is 0 Å². The van der Waals surface area contributed by atoms with Crippen LogP contribution in [0.5, 0.6) is 0 Å². The number of amides is 1. The fourth-order valence-corrected chi connectivity index (χ4v) is 6.08. The van der Waals surface area contributed by atoms with Gasteiger partial charge in [0.2, 0.25) is 5.91 Å². The predicted octanol–water partition coefficient (Wildman–Crippen LogP) is 3.74. The highest BCUT2D eigenvalue weighted by atomic mass is 32.1. The molecule has 1 fully saturated rings. The van der Waals surface area contributed by atoms with Crippen molar-refractivity contribution in [2.45, 2.75) is 44.9 Å². The van der Waals surface area contributed by atoms with E-state index in [9.17, 15) is 20.0 Å². The number of aryl methyl sites for hydroxylation is 1. The minimum absolute atomic E-state index is 0.00683. The van der Waals surface area contributed by atoms with E-state index in [-0.39, 0.29) is 17.7 Å². The zero-order chi connectivity index (χ0) is 18.3. The lowest BCUT2D eigenvalue weighted by molar-refractivity contribution is -0.146. The Hall–Kier alpha value is -2.13. The maximum absolute atomic E-state index is 12.9. The third-order valence-electron chi connectivity index (χ3n) is 6.07. The number of carboxylic acids is 1. The minimum Gasteiger partial charge on any atom is -0.481 e. The summed E-state index contributed by atoms with van der Waals surface area (Å²) in [7, 11) is 0. The Morgan fingerprint density at radius 3 is 2.50 bits per heavy atom. The summed E-state index contributed by atoms with van der Waals surface area (Å²) < 4.78 is 0. The molecule has 26 heavy (non-hydrogen) atoms. The number of nitrogens with one attached hydrogen (secondary N) is 1. The summed E-state index contributed by atoms with van der Waals surface area (Å²) in [6.07, 6.45) is 11.1. The number of thiophene rings is 1. The van der Waals surface area contributed by atoms with Gasteiger partial charge >= 0.3 is 5.97 Å². The number of rotatable bonds is 3. The smallest absolute Gasteiger partial charge is 0.307 e. The highest BCUT2D eigenvalue weighted by Gasteiger charge is 2.51. The number of anilines is 1. The lowest BCUT2D eigenvalue weighted by Crippen LogP contribution is -2.36. The molecule has 3 aliphatic rings. The maximum Gasteiger partial charge on any atom is 0.307 e. The first-order chi connectivity index (χ1) is 12.6. The van der Waals surface area contributed by atoms with Crippen LogP contribution in [-0.2, 0) is 22.4 Å². The summed E-state index contributed by atoms with van der Waals surface area (Å²) in [5.74, 6) is -2.41. The normalized spacial score (nSPS) is 29.5. The van der Waals surface area contributed by atoms with E-state index in [1.54, 1.807) is 0 Å². The van der Waals surface area contributed by atoms with E-state index in [4.69, 9.17) is 0 Å². The van der Waals surface area contributed by atoms with E-state index in [1.165, 1.54) is 29.1 Å². The van der Waals surface area contributed by atoms with Crippen LogP contribution >= 0.6 is 11.3 Å². The van der Waals surface area contributed by atoms with Crippen molar-refractivity contribution in [3.05, 3.63) is 28.2 Å². The van der Waals surface area contributed by atoms with Gasteiger partial charge in [0.25, 0.3) is 0 Å². The number of hydrogen-bond donors (Lipinski definition) is 2. The number of allylic oxidation sites excluding steroid dienone is 2. The summed E-state index contributed by atoms with van der Waals surface area (Å²) in [6, 6.07) is 2.28. The molecule has 4 atom stereocenters. The summed E-state index contributed by atoms with van der Waals surface area (Å²) in [5.41, 5.74) is 1.68. The van der Waals surface area contributed by atoms with Crippen molar-refractivity contribution in [3.8, 4) is 6.07 Å². The molecule has 5 nitrogen and oxygen atoms in total. The topological polar surface area (TPSA) is 90.2 Å². The maximum atomic E-state index is 12.9. The number of aliphatic carboxylic acids is 1. The number of nitriles is 1. The number of fused-ring (bicyclic) bond motifs is 3. The Morgan fingerprint density at radius 2 is 1.81 bits per heavy atom. The van der Waals surface area contributed by atoms with Crippen LogP contribution < -0.4 is 5.32 Å². The van der Waals surface area contributed by atoms with Gasteiger partial charge in [-0.1, -0.05) is 25.0 Å². The molecule has 0 saturated heterocycles. The minimum atomic E-state index is -0.902. The average Bonchev–Trinajstić information content (AvgIpc) is 3.27. The SMILES string of the molecule is N#Cc1c(NC(=O)[C@H]2[C@@H](C(=O)O)[C@H]3C=C[C@H]2C3)sc2c1CCCCCC2. The van der Waals surface area contributed by atoms with E-state index in [1.807, 2.05) is 12.2 Å². The number of carbonyl (C=O) groups excluding carboxylic acids is 1. The number of carbonyl (C=O) groups is 2. The van der Waals surface area contributed by atoms with Crippen LogP contribution in [0.4, 0.5) is 5.00 Å². The van der Waals surface area contributed by atoms with Crippen LogP contribution in [0, 0.1) is 35.0 Å². The summed E-state index contributed by atoms with van der Waals surface area (Å²) in [4.78, 5) is 25.8. The molecule has 0 unspecified atom stereocenters. The summed E-state index contributed by atoms with van der Waals surface area (Å²) >= 11 is 1.51. The van der Waals surface area contributed by atoms with Gasteiger partial charge in [0.15, 0.2) is 0 Å². The molecule has 2 bridgehead atoms. The fourth-order valence-electron chi connectivity index (χ4n) is 4.84. The Kier molecular flexibility index (Phi) is 4.58. The fraction of sp³-hybridized carbons (Fsp3) is 0.550. The van der Waals surface area contributed by atoms with Gasteiger partial charge in [0.1, 0.15) is 11.1 Å². The Balaban J connectivity index is 1.60. The Labute approximate surface area is 156 Å². The van der Waals surface area contributed by atoms with Crippen molar-refractivity contribution in [2.24, 2.45) is 23.7 Å². The lowest BCUT2D eigenvalue weighted by atomic mass is 9.82. The van der Waals surface area contributed by atoms with Crippen LogP contribution in [0.3, 0.4) is 0 Å². The third kappa shape index (κ3) is 2.84. The van der Waals surface area contributed by atoms with Crippen LogP contribution in [0.15, 0.2) is 12.2 Å². The molecule has 0 spiro atoms. The molecule has 6 heteroatoms. The molecule has 1 heterocycles. The van der Waals surface area contributed by atoms with Crippen molar-refractivity contribution < 1.29 is 14.7 Å². The zero-order valence-corrected chi connectivity index (χ0v) is 15.3. The van der Waals surface area contributed by atoms with Gasteiger partial charge in [0, 0.05) is 4.88 Å². The van der Waals surface area contributed by atoms with E-state index < -0.39 is 17.8 Å². The molecule has 136 valence electrons. The Bertz CT molecular complexity index is 820. The van der Waals surface area contributed by atoms with E-state index in [2.05, 4.69) is 11.4 Å². The number of nitrogens with zero attached hydrogens (tertiary/aromatic N) is 1. The molecule has 1 aromatic rings. The van der Waals surface area contributed by atoms with Crippen molar-refractivity contribution in [3.63, 3.8) is 0 Å². The summed E-state index contributed by atoms with van der Waals surface area (Å²) in [6.45, 7) is 0. The number of hydrogen-bond acceptors (Lipinski definition) is 4. The van der Waals surface area contributed by atoms with E-state index >= 15 is 0 Å². The van der Waals surface area contributed by atoms with Crippen LogP contribution in [0.2, 0.25) is 0 Å². The molecule has 1 amide bonds. The highest BCUT2D eigenvalue weighted by Crippen LogP contribution is 2.49. The van der Waals surface area contributed by atoms with Crippen molar-refractivity contribution in [2.75, 3.05) is 5.32 Å². The average molecular weight is 370 g/mol. The first kappa shape index (κ1) is 17.3. The first-order valence-electron chi connectivity index (χ1n) is 9.36. The molecule has 0 radical (unpaired) electrons. The van der Waals surface area contributed by atoms with Crippen molar-refractivity contribution >= 4 is 28.2 Å². The molecular formula is C20H22N2O3S. The lowest BCUT2D eigenvalue weighted by Gasteiger charge is -2.23. The molecular weight excluding hydrogens is 348 g/mol. The zero-order valence-electron chi connectivity index (χ0n) is 14.5. The van der Waals surface area contributed by atoms with Crippen LogP contribution in [-0.4, -0.2) is 17.0 Å². The molecule has 1 saturated carbocycles. The monoisotopic (exact) mass is 370 g/mol. The first-order valence-corrected chi connectivity index (χ1v) is 10.2. The van der Waals surface area contributed by atoms with Crippen LogP contribution in [0.1, 0.15) is 48.1 Å². The van der Waals surface area contributed by atoms with Gasteiger partial charge in [-0.05, 0) is 49.5 Å². The van der Waals surface area contributed by atoms with E-state index in [0.29, 0.717) is 10.6 Å². The van der Waals surface area contributed by atoms with Crippen molar-refractivity contribution in [1.29, 1.82) is 5.26 Å². The number of carboxylic acid groups (broad SMARTS) is 1. The molecule has 3 aliphatic carbocycles.